The van der Waals surface area contributed by atoms with E-state index in [1.165, 1.54) is 18.3 Å². The fourth-order valence-electron chi connectivity index (χ4n) is 1.86. The van der Waals surface area contributed by atoms with Gasteiger partial charge in [-0.15, -0.1) is 11.3 Å². The Balaban J connectivity index is 1.78. The van der Waals surface area contributed by atoms with Crippen molar-refractivity contribution in [2.75, 3.05) is 11.9 Å². The highest BCUT2D eigenvalue weighted by Gasteiger charge is 2.04. The predicted octanol–water partition coefficient (Wildman–Crippen LogP) is 1.40. The van der Waals surface area contributed by atoms with Gasteiger partial charge < -0.3 is 15.4 Å². The highest BCUT2D eigenvalue weighted by molar-refractivity contribution is 7.13. The number of carbonyl (C=O) groups excluding carboxylic acids is 2. The molecule has 0 aliphatic carbocycles. The number of benzene rings is 1. The molecule has 0 aliphatic heterocycles. The van der Waals surface area contributed by atoms with Crippen LogP contribution >= 0.6 is 11.3 Å². The zero-order valence-corrected chi connectivity index (χ0v) is 14.0. The maximum absolute atomic E-state index is 11.0. The summed E-state index contributed by atoms with van der Waals surface area (Å²) < 4.78 is 5.66. The van der Waals surface area contributed by atoms with Crippen molar-refractivity contribution in [1.82, 2.24) is 15.7 Å². The summed E-state index contributed by atoms with van der Waals surface area (Å²) in [6.45, 7) is 2.26. The molecule has 0 saturated heterocycles. The number of aromatic nitrogens is 1. The molecule has 0 atom stereocenters. The Bertz CT molecular complexity index is 687. The molecule has 2 aromatic rings. The molecule has 128 valence electrons. The van der Waals surface area contributed by atoms with E-state index in [0.717, 1.165) is 17.0 Å². The van der Waals surface area contributed by atoms with Crippen molar-refractivity contribution < 1.29 is 14.3 Å². The molecule has 0 fully saturated rings. The minimum Gasteiger partial charge on any atom is -0.487 e. The summed E-state index contributed by atoms with van der Waals surface area (Å²) in [6.07, 6.45) is 0.694. The van der Waals surface area contributed by atoms with Crippen LogP contribution in [0.3, 0.4) is 0 Å². The molecule has 0 spiro atoms. The van der Waals surface area contributed by atoms with Crippen molar-refractivity contribution >= 4 is 28.4 Å². The van der Waals surface area contributed by atoms with E-state index in [2.05, 4.69) is 15.6 Å². The summed E-state index contributed by atoms with van der Waals surface area (Å²) in [5.41, 5.74) is 3.83. The molecule has 0 saturated carbocycles. The smallest absolute Gasteiger partial charge is 0.328 e. The van der Waals surface area contributed by atoms with Crippen molar-refractivity contribution in [2.45, 2.75) is 20.0 Å². The Morgan fingerprint density at radius 1 is 1.29 bits per heavy atom. The van der Waals surface area contributed by atoms with Gasteiger partial charge in [0.05, 0.1) is 5.69 Å². The summed E-state index contributed by atoms with van der Waals surface area (Å²) >= 11 is 1.36. The number of hydrogen-bond acceptors (Lipinski definition) is 6. The molecule has 0 aliphatic rings. The van der Waals surface area contributed by atoms with Gasteiger partial charge in [0.15, 0.2) is 5.13 Å². The lowest BCUT2D eigenvalue weighted by molar-refractivity contribution is -0.114. The van der Waals surface area contributed by atoms with E-state index in [1.807, 2.05) is 35.1 Å². The number of hydrazine groups is 1. The highest BCUT2D eigenvalue weighted by atomic mass is 32.1. The van der Waals surface area contributed by atoms with Crippen molar-refractivity contribution in [2.24, 2.45) is 5.84 Å². The van der Waals surface area contributed by atoms with Crippen molar-refractivity contribution in [3.8, 4) is 5.75 Å². The average molecular weight is 349 g/mol. The fourth-order valence-corrected chi connectivity index (χ4v) is 2.60. The molecule has 3 amide bonds. The summed E-state index contributed by atoms with van der Waals surface area (Å²) in [4.78, 5) is 26.1. The molecular formula is C15H19N5O3S. The van der Waals surface area contributed by atoms with E-state index in [-0.39, 0.29) is 5.91 Å². The zero-order valence-electron chi connectivity index (χ0n) is 13.2. The third-order valence-corrected chi connectivity index (χ3v) is 3.78. The number of thiazole rings is 1. The third-order valence-electron chi connectivity index (χ3n) is 2.98. The molecule has 9 heteroatoms. The normalized spacial score (nSPS) is 10.1. The molecule has 1 heterocycles. The molecule has 5 N–H and O–H groups in total. The monoisotopic (exact) mass is 349 g/mol. The lowest BCUT2D eigenvalue weighted by Gasteiger charge is -2.07. The lowest BCUT2D eigenvalue weighted by Crippen LogP contribution is -2.40. The van der Waals surface area contributed by atoms with Crippen LogP contribution in [0, 0.1) is 0 Å². The Morgan fingerprint density at radius 2 is 2.04 bits per heavy atom. The van der Waals surface area contributed by atoms with E-state index in [0.29, 0.717) is 24.7 Å². The summed E-state index contributed by atoms with van der Waals surface area (Å²) in [6, 6.07) is 7.18. The number of anilines is 1. The SMILES string of the molecule is CC(=O)Nc1nc(COc2ccc(CCNC(=O)NN)cc2)cs1. The number of amides is 3. The van der Waals surface area contributed by atoms with Crippen LogP contribution in [0.4, 0.5) is 9.93 Å². The van der Waals surface area contributed by atoms with Gasteiger partial charge in [0, 0.05) is 18.8 Å². The standard InChI is InChI=1S/C15H19N5O3S/c1-10(21)18-15-19-12(9-24-15)8-23-13-4-2-11(3-5-13)6-7-17-14(22)20-16/h2-5,9H,6-8,16H2,1H3,(H2,17,20,22)(H,18,19,21). The second kappa shape index (κ2) is 8.85. The summed E-state index contributed by atoms with van der Waals surface area (Å²) in [5, 5.41) is 7.65. The number of hydrogen-bond donors (Lipinski definition) is 4. The van der Waals surface area contributed by atoms with Crippen molar-refractivity contribution in [3.05, 3.63) is 40.9 Å². The van der Waals surface area contributed by atoms with Gasteiger partial charge in [-0.3, -0.25) is 10.2 Å². The van der Waals surface area contributed by atoms with Gasteiger partial charge in [0.25, 0.3) is 0 Å². The van der Waals surface area contributed by atoms with Gasteiger partial charge in [-0.25, -0.2) is 15.6 Å². The first kappa shape index (κ1) is 17.7. The highest BCUT2D eigenvalue weighted by Crippen LogP contribution is 2.18. The van der Waals surface area contributed by atoms with Crippen LogP contribution in [-0.2, 0) is 17.8 Å². The molecule has 0 unspecified atom stereocenters. The summed E-state index contributed by atoms with van der Waals surface area (Å²) in [7, 11) is 0. The van der Waals surface area contributed by atoms with Crippen LogP contribution in [0.15, 0.2) is 29.6 Å². The van der Waals surface area contributed by atoms with E-state index < -0.39 is 6.03 Å². The number of urea groups is 1. The van der Waals surface area contributed by atoms with Gasteiger partial charge in [-0.05, 0) is 24.1 Å². The number of nitrogens with one attached hydrogen (secondary N) is 3. The molecule has 8 nitrogen and oxygen atoms in total. The van der Waals surface area contributed by atoms with Gasteiger partial charge in [-0.2, -0.15) is 0 Å². The number of nitrogens with two attached hydrogens (primary N) is 1. The van der Waals surface area contributed by atoms with Crippen LogP contribution in [0.5, 0.6) is 5.75 Å². The fraction of sp³-hybridized carbons (Fsp3) is 0.267. The molecule has 2 rings (SSSR count). The number of nitrogens with zero attached hydrogens (tertiary/aromatic N) is 1. The van der Waals surface area contributed by atoms with E-state index in [4.69, 9.17) is 10.6 Å². The Labute approximate surface area is 143 Å². The first-order valence-electron chi connectivity index (χ1n) is 7.25. The predicted molar refractivity (Wildman–Crippen MR) is 91.6 cm³/mol. The number of ether oxygens (including phenoxy) is 1. The van der Waals surface area contributed by atoms with Gasteiger partial charge in [0.2, 0.25) is 5.91 Å². The number of carbonyl (C=O) groups is 2. The quantitative estimate of drug-likeness (QED) is 0.342. The van der Waals surface area contributed by atoms with E-state index in [9.17, 15) is 9.59 Å². The van der Waals surface area contributed by atoms with E-state index >= 15 is 0 Å². The van der Waals surface area contributed by atoms with Gasteiger partial charge in [0.1, 0.15) is 12.4 Å². The van der Waals surface area contributed by atoms with Crippen LogP contribution in [0.25, 0.3) is 0 Å². The second-order valence-electron chi connectivity index (χ2n) is 4.91. The van der Waals surface area contributed by atoms with Crippen molar-refractivity contribution in [1.29, 1.82) is 0 Å². The van der Waals surface area contributed by atoms with E-state index in [1.54, 1.807) is 0 Å². The first-order valence-corrected chi connectivity index (χ1v) is 8.13. The Hall–Kier alpha value is -2.65. The molecular weight excluding hydrogens is 330 g/mol. The maximum atomic E-state index is 11.0. The second-order valence-corrected chi connectivity index (χ2v) is 5.77. The van der Waals surface area contributed by atoms with Crippen LogP contribution in [0.2, 0.25) is 0 Å². The molecule has 0 bridgehead atoms. The lowest BCUT2D eigenvalue weighted by atomic mass is 10.1. The number of rotatable bonds is 7. The Morgan fingerprint density at radius 3 is 2.71 bits per heavy atom. The largest absolute Gasteiger partial charge is 0.487 e. The summed E-state index contributed by atoms with van der Waals surface area (Å²) in [5.74, 6) is 5.55. The topological polar surface area (TPSA) is 118 Å². The van der Waals surface area contributed by atoms with Crippen LogP contribution in [0.1, 0.15) is 18.2 Å². The minimum absolute atomic E-state index is 0.147. The van der Waals surface area contributed by atoms with Gasteiger partial charge >= 0.3 is 6.03 Å². The molecule has 1 aromatic heterocycles. The molecule has 24 heavy (non-hydrogen) atoms. The third kappa shape index (κ3) is 5.86. The van der Waals surface area contributed by atoms with Crippen LogP contribution < -0.4 is 26.6 Å². The van der Waals surface area contributed by atoms with Crippen molar-refractivity contribution in [3.63, 3.8) is 0 Å². The van der Waals surface area contributed by atoms with Gasteiger partial charge in [-0.1, -0.05) is 12.1 Å². The first-order chi connectivity index (χ1) is 11.6. The average Bonchev–Trinajstić information content (AvgIpc) is 3.00. The Kier molecular flexibility index (Phi) is 6.52. The minimum atomic E-state index is -0.406. The van der Waals surface area contributed by atoms with Crippen LogP contribution in [-0.4, -0.2) is 23.5 Å². The molecule has 1 aromatic carbocycles. The maximum Gasteiger partial charge on any atom is 0.328 e. The zero-order chi connectivity index (χ0) is 17.4. The molecule has 0 radical (unpaired) electrons.